The molecule has 0 spiro atoms. The first-order valence-electron chi connectivity index (χ1n) is 7.39. The van der Waals surface area contributed by atoms with E-state index in [1.165, 1.54) is 7.05 Å². The van der Waals surface area contributed by atoms with Gasteiger partial charge < -0.3 is 10.6 Å². The summed E-state index contributed by atoms with van der Waals surface area (Å²) in [4.78, 5) is 22.6. The number of nitro groups is 1. The van der Waals surface area contributed by atoms with Crippen LogP contribution in [0.3, 0.4) is 0 Å². The minimum Gasteiger partial charge on any atom is -0.382 e. The molecule has 0 bridgehead atoms. The molecule has 1 aromatic rings. The van der Waals surface area contributed by atoms with E-state index in [0.29, 0.717) is 5.92 Å². The largest absolute Gasteiger partial charge is 0.382 e. The van der Waals surface area contributed by atoms with Crippen LogP contribution in [0.2, 0.25) is 0 Å². The fraction of sp³-hybridized carbons (Fsp3) is 0.533. The van der Waals surface area contributed by atoms with Crippen molar-refractivity contribution in [3.8, 4) is 0 Å². The van der Waals surface area contributed by atoms with Gasteiger partial charge in [-0.15, -0.1) is 0 Å². The second-order valence-electron chi connectivity index (χ2n) is 5.79. The molecule has 0 aromatic heterocycles. The molecule has 22 heavy (non-hydrogen) atoms. The number of halogens is 1. The lowest BCUT2D eigenvalue weighted by atomic mass is 9.87. The molecule has 1 saturated carbocycles. The molecule has 1 aliphatic carbocycles. The van der Waals surface area contributed by atoms with Crippen LogP contribution in [0.1, 0.15) is 43.0 Å². The molecule has 1 amide bonds. The number of nitrogens with one attached hydrogen (secondary N) is 2. The number of benzene rings is 1. The number of anilines is 1. The molecule has 1 aliphatic rings. The summed E-state index contributed by atoms with van der Waals surface area (Å²) in [5, 5.41) is 16.3. The molecule has 0 saturated heterocycles. The van der Waals surface area contributed by atoms with Gasteiger partial charge in [0.2, 0.25) is 0 Å². The van der Waals surface area contributed by atoms with E-state index in [-0.39, 0.29) is 23.0 Å². The van der Waals surface area contributed by atoms with Crippen LogP contribution in [0.25, 0.3) is 0 Å². The zero-order valence-electron chi connectivity index (χ0n) is 12.7. The van der Waals surface area contributed by atoms with Gasteiger partial charge in [-0.05, 0) is 31.6 Å². The summed E-state index contributed by atoms with van der Waals surface area (Å²) in [7, 11) is 1.46. The third-order valence-electron chi connectivity index (χ3n) is 4.15. The molecule has 2 N–H and O–H groups in total. The Morgan fingerprint density at radius 2 is 1.95 bits per heavy atom. The van der Waals surface area contributed by atoms with Crippen molar-refractivity contribution in [2.75, 3.05) is 12.4 Å². The van der Waals surface area contributed by atoms with Gasteiger partial charge in [-0.2, -0.15) is 0 Å². The average Bonchev–Trinajstić information content (AvgIpc) is 2.48. The molecule has 0 unspecified atom stereocenters. The van der Waals surface area contributed by atoms with Crippen LogP contribution in [0, 0.1) is 21.8 Å². The van der Waals surface area contributed by atoms with Gasteiger partial charge in [0.05, 0.1) is 10.5 Å². The van der Waals surface area contributed by atoms with Crippen molar-refractivity contribution in [2.24, 2.45) is 5.92 Å². The van der Waals surface area contributed by atoms with E-state index in [9.17, 15) is 19.3 Å². The van der Waals surface area contributed by atoms with Gasteiger partial charge in [-0.3, -0.25) is 14.9 Å². The highest BCUT2D eigenvalue weighted by Crippen LogP contribution is 2.28. The van der Waals surface area contributed by atoms with E-state index in [2.05, 4.69) is 17.6 Å². The molecule has 1 aromatic carbocycles. The third kappa shape index (κ3) is 3.52. The third-order valence-corrected chi connectivity index (χ3v) is 4.15. The number of nitro benzene ring substituents is 1. The highest BCUT2D eigenvalue weighted by molar-refractivity contribution is 5.96. The first-order valence-corrected chi connectivity index (χ1v) is 7.39. The molecule has 0 heterocycles. The molecule has 2 rings (SSSR count). The fourth-order valence-electron chi connectivity index (χ4n) is 2.75. The maximum absolute atomic E-state index is 14.0. The van der Waals surface area contributed by atoms with Crippen LogP contribution in [-0.2, 0) is 0 Å². The Labute approximate surface area is 128 Å². The standard InChI is InChI=1S/C15H20FN3O3/c1-9-3-5-10(6-4-9)18-15(20)11-7-14(19(21)22)13(17-2)8-12(11)16/h7-10,17H,3-6H2,1-2H3,(H,18,20). The van der Waals surface area contributed by atoms with Crippen molar-refractivity contribution >= 4 is 17.3 Å². The average molecular weight is 309 g/mol. The van der Waals surface area contributed by atoms with E-state index in [4.69, 9.17) is 0 Å². The molecule has 0 aliphatic heterocycles. The monoisotopic (exact) mass is 309 g/mol. The number of rotatable bonds is 4. The first kappa shape index (κ1) is 16.2. The van der Waals surface area contributed by atoms with E-state index < -0.39 is 16.6 Å². The molecular weight excluding hydrogens is 289 g/mol. The Bertz CT molecular complexity index is 584. The van der Waals surface area contributed by atoms with Gasteiger partial charge in [0.25, 0.3) is 11.6 Å². The predicted octanol–water partition coefficient (Wildman–Crippen LogP) is 3.08. The van der Waals surface area contributed by atoms with Crippen LogP contribution in [0.4, 0.5) is 15.8 Å². The minimum absolute atomic E-state index is 0.00568. The maximum atomic E-state index is 14.0. The number of nitrogens with zero attached hydrogens (tertiary/aromatic N) is 1. The number of hydrogen-bond donors (Lipinski definition) is 2. The highest BCUT2D eigenvalue weighted by Gasteiger charge is 2.25. The molecule has 6 nitrogen and oxygen atoms in total. The van der Waals surface area contributed by atoms with Gasteiger partial charge >= 0.3 is 0 Å². The van der Waals surface area contributed by atoms with E-state index in [0.717, 1.165) is 37.8 Å². The molecule has 0 atom stereocenters. The van der Waals surface area contributed by atoms with Crippen LogP contribution < -0.4 is 10.6 Å². The Morgan fingerprint density at radius 3 is 2.50 bits per heavy atom. The van der Waals surface area contributed by atoms with Crippen molar-refractivity contribution in [3.63, 3.8) is 0 Å². The van der Waals surface area contributed by atoms with E-state index in [1.807, 2.05) is 0 Å². The summed E-state index contributed by atoms with van der Waals surface area (Å²) >= 11 is 0. The molecular formula is C15H20FN3O3. The normalized spacial score (nSPS) is 21.2. The molecule has 0 radical (unpaired) electrons. The lowest BCUT2D eigenvalue weighted by Crippen LogP contribution is -2.37. The lowest BCUT2D eigenvalue weighted by Gasteiger charge is -2.27. The second kappa shape index (κ2) is 6.72. The Hall–Kier alpha value is -2.18. The van der Waals surface area contributed by atoms with Crippen LogP contribution in [0.5, 0.6) is 0 Å². The summed E-state index contributed by atoms with van der Waals surface area (Å²) in [6.07, 6.45) is 3.75. The smallest absolute Gasteiger partial charge is 0.293 e. The molecule has 7 heteroatoms. The number of amides is 1. The van der Waals surface area contributed by atoms with Gasteiger partial charge in [-0.1, -0.05) is 6.92 Å². The molecule has 1 fully saturated rings. The Morgan fingerprint density at radius 1 is 1.32 bits per heavy atom. The quantitative estimate of drug-likeness (QED) is 0.661. The van der Waals surface area contributed by atoms with Gasteiger partial charge in [0.1, 0.15) is 11.5 Å². The fourth-order valence-corrected chi connectivity index (χ4v) is 2.75. The van der Waals surface area contributed by atoms with Gasteiger partial charge in [0, 0.05) is 25.2 Å². The Kier molecular flexibility index (Phi) is 4.95. The van der Waals surface area contributed by atoms with Crippen LogP contribution in [0.15, 0.2) is 12.1 Å². The van der Waals surface area contributed by atoms with Crippen molar-refractivity contribution in [1.29, 1.82) is 0 Å². The zero-order valence-corrected chi connectivity index (χ0v) is 12.7. The van der Waals surface area contributed by atoms with Crippen molar-refractivity contribution in [2.45, 2.75) is 38.6 Å². The molecule has 120 valence electrons. The highest BCUT2D eigenvalue weighted by atomic mass is 19.1. The topological polar surface area (TPSA) is 84.3 Å². The minimum atomic E-state index is -0.767. The van der Waals surface area contributed by atoms with Crippen molar-refractivity contribution in [1.82, 2.24) is 5.32 Å². The van der Waals surface area contributed by atoms with E-state index >= 15 is 0 Å². The summed E-state index contributed by atoms with van der Waals surface area (Å²) in [6.45, 7) is 2.16. The van der Waals surface area contributed by atoms with Crippen molar-refractivity contribution in [3.05, 3.63) is 33.6 Å². The first-order chi connectivity index (χ1) is 10.4. The number of carbonyl (C=O) groups excluding carboxylic acids is 1. The summed E-state index contributed by atoms with van der Waals surface area (Å²) < 4.78 is 14.0. The Balaban J connectivity index is 2.18. The van der Waals surface area contributed by atoms with Crippen molar-refractivity contribution < 1.29 is 14.1 Å². The SMILES string of the molecule is CNc1cc(F)c(C(=O)NC2CCC(C)CC2)cc1[N+](=O)[O-]. The number of hydrogen-bond acceptors (Lipinski definition) is 4. The van der Waals surface area contributed by atoms with Crippen LogP contribution in [-0.4, -0.2) is 23.9 Å². The zero-order chi connectivity index (χ0) is 16.3. The van der Waals surface area contributed by atoms with E-state index in [1.54, 1.807) is 0 Å². The summed E-state index contributed by atoms with van der Waals surface area (Å²) in [6, 6.07) is 1.98. The second-order valence-corrected chi connectivity index (χ2v) is 5.79. The summed E-state index contributed by atoms with van der Waals surface area (Å²) in [5.74, 6) is -0.722. The van der Waals surface area contributed by atoms with Gasteiger partial charge in [0.15, 0.2) is 0 Å². The van der Waals surface area contributed by atoms with Crippen LogP contribution >= 0.6 is 0 Å². The van der Waals surface area contributed by atoms with Gasteiger partial charge in [-0.25, -0.2) is 4.39 Å². The lowest BCUT2D eigenvalue weighted by molar-refractivity contribution is -0.384. The predicted molar refractivity (Wildman–Crippen MR) is 81.5 cm³/mol. The maximum Gasteiger partial charge on any atom is 0.293 e. The number of carbonyl (C=O) groups is 1. The summed E-state index contributed by atoms with van der Waals surface area (Å²) in [5.41, 5.74) is -0.554.